The maximum absolute atomic E-state index is 12.1. The van der Waals surface area contributed by atoms with Crippen LogP contribution in [-0.2, 0) is 5.41 Å². The zero-order valence-electron chi connectivity index (χ0n) is 9.95. The van der Waals surface area contributed by atoms with Crippen LogP contribution in [0, 0.1) is 0 Å². The fourth-order valence-electron chi connectivity index (χ4n) is 1.70. The third kappa shape index (κ3) is 4.87. The van der Waals surface area contributed by atoms with E-state index in [-0.39, 0.29) is 23.9 Å². The first-order valence-electron chi connectivity index (χ1n) is 5.51. The molecule has 0 atom stereocenters. The molecule has 0 bridgehead atoms. The Kier molecular flexibility index (Phi) is 5.98. The molecule has 0 aliphatic carbocycles. The Morgan fingerprint density at radius 2 is 1.58 bits per heavy atom. The number of rotatable bonds is 6. The lowest BCUT2D eigenvalue weighted by Gasteiger charge is -2.30. The van der Waals surface area contributed by atoms with Crippen molar-refractivity contribution in [2.45, 2.75) is 17.3 Å². The number of hydrogen-bond acceptors (Lipinski definition) is 3. The number of benzene rings is 1. The smallest absolute Gasteiger partial charge is 0.395 e. The lowest BCUT2D eigenvalue weighted by molar-refractivity contribution is -0.0329. The van der Waals surface area contributed by atoms with E-state index < -0.39 is 24.1 Å². The third-order valence-corrected chi connectivity index (χ3v) is 3.90. The van der Waals surface area contributed by atoms with Crippen molar-refractivity contribution in [1.29, 1.82) is 0 Å². The molecule has 0 heterocycles. The summed E-state index contributed by atoms with van der Waals surface area (Å²) in [5, 5.41) is 19.4. The van der Waals surface area contributed by atoms with Crippen LogP contribution in [-0.4, -0.2) is 34.7 Å². The summed E-state index contributed by atoms with van der Waals surface area (Å²) in [5.41, 5.74) is -4.82. The van der Waals surface area contributed by atoms with Gasteiger partial charge in [0.2, 0.25) is 0 Å². The minimum Gasteiger partial charge on any atom is -0.395 e. The standard InChI is InChI=1S/C12H14ClF3O2S/c13-10-3-1-9(2-4-10)11(7-17,8-18)5-6-19-12(14,15)16/h1-4,17-18H,5-8H2. The number of hydrogen-bond donors (Lipinski definition) is 2. The molecule has 1 aromatic rings. The molecule has 2 N–H and O–H groups in total. The second kappa shape index (κ2) is 6.83. The van der Waals surface area contributed by atoms with E-state index in [4.69, 9.17) is 11.6 Å². The van der Waals surface area contributed by atoms with E-state index in [1.165, 1.54) is 0 Å². The van der Waals surface area contributed by atoms with Gasteiger partial charge in [-0.3, -0.25) is 0 Å². The summed E-state index contributed by atoms with van der Waals surface area (Å²) in [6, 6.07) is 6.36. The van der Waals surface area contributed by atoms with E-state index in [2.05, 4.69) is 0 Å². The molecule has 0 radical (unpaired) electrons. The fourth-order valence-corrected chi connectivity index (χ4v) is 2.55. The normalized spacial score (nSPS) is 12.7. The van der Waals surface area contributed by atoms with Crippen molar-refractivity contribution in [2.24, 2.45) is 0 Å². The Labute approximate surface area is 118 Å². The number of aliphatic hydroxyl groups excluding tert-OH is 2. The molecule has 2 nitrogen and oxygen atoms in total. The number of thioether (sulfide) groups is 1. The Hall–Kier alpha value is -0.430. The van der Waals surface area contributed by atoms with Gasteiger partial charge in [0, 0.05) is 16.2 Å². The average molecular weight is 315 g/mol. The quantitative estimate of drug-likeness (QED) is 0.847. The van der Waals surface area contributed by atoms with Gasteiger partial charge in [-0.05, 0) is 24.1 Å². The van der Waals surface area contributed by atoms with Gasteiger partial charge in [-0.2, -0.15) is 13.2 Å². The predicted molar refractivity (Wildman–Crippen MR) is 70.4 cm³/mol. The molecule has 7 heteroatoms. The van der Waals surface area contributed by atoms with E-state index in [0.717, 1.165) is 0 Å². The summed E-state index contributed by atoms with van der Waals surface area (Å²) < 4.78 is 36.3. The molecule has 108 valence electrons. The van der Waals surface area contributed by atoms with Crippen molar-refractivity contribution in [3.05, 3.63) is 34.9 Å². The van der Waals surface area contributed by atoms with Gasteiger partial charge in [-0.1, -0.05) is 35.5 Å². The number of aliphatic hydroxyl groups is 2. The Balaban J connectivity index is 2.82. The van der Waals surface area contributed by atoms with E-state index in [1.807, 2.05) is 0 Å². The van der Waals surface area contributed by atoms with Gasteiger partial charge in [-0.25, -0.2) is 0 Å². The van der Waals surface area contributed by atoms with Gasteiger partial charge in [0.05, 0.1) is 13.2 Å². The molecule has 1 rings (SSSR count). The summed E-state index contributed by atoms with van der Waals surface area (Å²) in [6.45, 7) is -0.854. The summed E-state index contributed by atoms with van der Waals surface area (Å²) in [7, 11) is 0. The first-order valence-corrected chi connectivity index (χ1v) is 6.88. The average Bonchev–Trinajstić information content (AvgIpc) is 2.35. The van der Waals surface area contributed by atoms with Gasteiger partial charge in [-0.15, -0.1) is 0 Å². The molecule has 0 aliphatic rings. The van der Waals surface area contributed by atoms with Crippen LogP contribution in [0.2, 0.25) is 5.02 Å². The Morgan fingerprint density at radius 3 is 2.00 bits per heavy atom. The lowest BCUT2D eigenvalue weighted by Crippen LogP contribution is -2.35. The van der Waals surface area contributed by atoms with Crippen LogP contribution in [0.1, 0.15) is 12.0 Å². The zero-order chi connectivity index (χ0) is 14.5. The van der Waals surface area contributed by atoms with Crippen molar-refractivity contribution in [3.63, 3.8) is 0 Å². The van der Waals surface area contributed by atoms with Crippen molar-refractivity contribution in [1.82, 2.24) is 0 Å². The van der Waals surface area contributed by atoms with Crippen LogP contribution >= 0.6 is 23.4 Å². The highest BCUT2D eigenvalue weighted by Gasteiger charge is 2.34. The highest BCUT2D eigenvalue weighted by atomic mass is 35.5. The molecule has 0 saturated carbocycles. The van der Waals surface area contributed by atoms with Crippen LogP contribution in [0.4, 0.5) is 13.2 Å². The maximum Gasteiger partial charge on any atom is 0.441 e. The minimum absolute atomic E-state index is 0.0197. The molecule has 0 amide bonds. The second-order valence-corrected chi connectivity index (χ2v) is 5.74. The molecule has 0 spiro atoms. The first kappa shape index (κ1) is 16.6. The largest absolute Gasteiger partial charge is 0.441 e. The van der Waals surface area contributed by atoms with Crippen LogP contribution in [0.15, 0.2) is 24.3 Å². The van der Waals surface area contributed by atoms with Crippen LogP contribution in [0.5, 0.6) is 0 Å². The molecule has 1 aromatic carbocycles. The molecule has 0 aliphatic heterocycles. The van der Waals surface area contributed by atoms with Crippen molar-refractivity contribution in [3.8, 4) is 0 Å². The molecule has 0 unspecified atom stereocenters. The van der Waals surface area contributed by atoms with Gasteiger partial charge in [0.1, 0.15) is 0 Å². The highest BCUT2D eigenvalue weighted by molar-refractivity contribution is 8.00. The van der Waals surface area contributed by atoms with Crippen LogP contribution in [0.3, 0.4) is 0 Å². The maximum atomic E-state index is 12.1. The van der Waals surface area contributed by atoms with Crippen LogP contribution < -0.4 is 0 Å². The third-order valence-electron chi connectivity index (χ3n) is 2.91. The van der Waals surface area contributed by atoms with E-state index in [1.54, 1.807) is 24.3 Å². The molecule has 19 heavy (non-hydrogen) atoms. The Bertz CT molecular complexity index is 391. The number of alkyl halides is 3. The molecular weight excluding hydrogens is 301 g/mol. The van der Waals surface area contributed by atoms with Gasteiger partial charge in [0.15, 0.2) is 0 Å². The van der Waals surface area contributed by atoms with Crippen molar-refractivity contribution >= 4 is 23.4 Å². The highest BCUT2D eigenvalue weighted by Crippen LogP contribution is 2.35. The summed E-state index contributed by atoms with van der Waals surface area (Å²) in [4.78, 5) is 0. The monoisotopic (exact) mass is 314 g/mol. The second-order valence-electron chi connectivity index (χ2n) is 4.15. The van der Waals surface area contributed by atoms with E-state index in [0.29, 0.717) is 10.6 Å². The van der Waals surface area contributed by atoms with Crippen LogP contribution in [0.25, 0.3) is 0 Å². The fraction of sp³-hybridized carbons (Fsp3) is 0.500. The summed E-state index contributed by atoms with van der Waals surface area (Å²) in [5.74, 6) is -0.229. The topological polar surface area (TPSA) is 40.5 Å². The molecule has 0 aromatic heterocycles. The first-order chi connectivity index (χ1) is 8.83. The minimum atomic E-state index is -4.31. The SMILES string of the molecule is OCC(CO)(CCSC(F)(F)F)c1ccc(Cl)cc1. The van der Waals surface area contributed by atoms with E-state index in [9.17, 15) is 23.4 Å². The molecule has 0 fully saturated rings. The molecule has 0 saturated heterocycles. The zero-order valence-corrected chi connectivity index (χ0v) is 11.5. The van der Waals surface area contributed by atoms with Crippen molar-refractivity contribution in [2.75, 3.05) is 19.0 Å². The number of halogens is 4. The van der Waals surface area contributed by atoms with Crippen molar-refractivity contribution < 1.29 is 23.4 Å². The van der Waals surface area contributed by atoms with Gasteiger partial charge < -0.3 is 10.2 Å². The van der Waals surface area contributed by atoms with Gasteiger partial charge in [0.25, 0.3) is 0 Å². The lowest BCUT2D eigenvalue weighted by atomic mass is 9.79. The summed E-state index contributed by atoms with van der Waals surface area (Å²) in [6.07, 6.45) is 0.0197. The molecular formula is C12H14ClF3O2S. The predicted octanol–water partition coefficient (Wildman–Crippen LogP) is 3.21. The Morgan fingerprint density at radius 1 is 1.05 bits per heavy atom. The van der Waals surface area contributed by atoms with Gasteiger partial charge >= 0.3 is 5.51 Å². The summed E-state index contributed by atoms with van der Waals surface area (Å²) >= 11 is 5.58. The van der Waals surface area contributed by atoms with E-state index >= 15 is 0 Å².